The molecule has 9 heteroatoms. The van der Waals surface area contributed by atoms with Gasteiger partial charge in [-0.2, -0.15) is 0 Å². The van der Waals surface area contributed by atoms with Crippen LogP contribution in [0.5, 0.6) is 0 Å². The Kier molecular flexibility index (Phi) is 6.42. The lowest BCUT2D eigenvalue weighted by molar-refractivity contribution is -0.0704. The second-order valence-electron chi connectivity index (χ2n) is 7.47. The molecule has 29 heavy (non-hydrogen) atoms. The van der Waals surface area contributed by atoms with Crippen LogP contribution in [-0.4, -0.2) is 62.9 Å². The summed E-state index contributed by atoms with van der Waals surface area (Å²) in [4.78, 5) is 14.9. The van der Waals surface area contributed by atoms with Gasteiger partial charge in [-0.25, -0.2) is 12.7 Å². The highest BCUT2D eigenvalue weighted by Gasteiger charge is 2.25. The third-order valence-corrected chi connectivity index (χ3v) is 6.38. The van der Waals surface area contributed by atoms with Crippen molar-refractivity contribution in [1.29, 1.82) is 0 Å². The fraction of sp³-hybridized carbons (Fsp3) is 0.450. The van der Waals surface area contributed by atoms with Gasteiger partial charge in [0.2, 0.25) is 5.09 Å². The van der Waals surface area contributed by atoms with Gasteiger partial charge in [0, 0.05) is 39.4 Å². The lowest BCUT2D eigenvalue weighted by Crippen LogP contribution is -2.44. The van der Waals surface area contributed by atoms with E-state index in [2.05, 4.69) is 10.2 Å². The van der Waals surface area contributed by atoms with Crippen LogP contribution in [0.4, 0.5) is 5.69 Å². The molecule has 1 aliphatic heterocycles. The van der Waals surface area contributed by atoms with E-state index in [4.69, 9.17) is 9.15 Å². The molecule has 1 aromatic carbocycles. The van der Waals surface area contributed by atoms with Gasteiger partial charge in [0.15, 0.2) is 5.76 Å². The molecule has 0 radical (unpaired) electrons. The van der Waals surface area contributed by atoms with Gasteiger partial charge in [0.25, 0.3) is 15.9 Å². The fourth-order valence-corrected chi connectivity index (χ4v) is 4.17. The average molecular weight is 422 g/mol. The van der Waals surface area contributed by atoms with E-state index in [1.807, 2.05) is 38.1 Å². The third-order valence-electron chi connectivity index (χ3n) is 4.69. The zero-order chi connectivity index (χ0) is 21.2. The Labute approximate surface area is 171 Å². The van der Waals surface area contributed by atoms with E-state index >= 15 is 0 Å². The fourth-order valence-electron chi connectivity index (χ4n) is 3.38. The Balaban J connectivity index is 1.74. The minimum Gasteiger partial charge on any atom is -0.438 e. The summed E-state index contributed by atoms with van der Waals surface area (Å²) in [7, 11) is -0.924. The quantitative estimate of drug-likeness (QED) is 0.770. The first kappa shape index (κ1) is 21.5. The molecule has 1 amide bonds. The van der Waals surface area contributed by atoms with Crippen LogP contribution in [0.1, 0.15) is 30.0 Å². The number of para-hydroxylation sites is 1. The first-order valence-electron chi connectivity index (χ1n) is 9.46. The Bertz CT molecular complexity index is 960. The van der Waals surface area contributed by atoms with E-state index in [9.17, 15) is 13.2 Å². The molecule has 3 rings (SSSR count). The number of nitrogens with zero attached hydrogens (tertiary/aromatic N) is 2. The van der Waals surface area contributed by atoms with Crippen molar-refractivity contribution < 1.29 is 22.4 Å². The number of carbonyl (C=O) groups is 1. The van der Waals surface area contributed by atoms with Gasteiger partial charge in [-0.05, 0) is 37.6 Å². The molecule has 158 valence electrons. The summed E-state index contributed by atoms with van der Waals surface area (Å²) in [5.74, 6) is -0.560. The molecule has 0 saturated carbocycles. The van der Waals surface area contributed by atoms with Gasteiger partial charge in [-0.3, -0.25) is 9.69 Å². The predicted octanol–water partition coefficient (Wildman–Crippen LogP) is 2.39. The number of benzene rings is 1. The maximum absolute atomic E-state index is 12.6. The lowest BCUT2D eigenvalue weighted by atomic mass is 10.1. The molecule has 1 fully saturated rings. The first-order valence-corrected chi connectivity index (χ1v) is 10.9. The molecule has 8 nitrogen and oxygen atoms in total. The molecule has 1 aliphatic rings. The van der Waals surface area contributed by atoms with E-state index < -0.39 is 15.9 Å². The largest absolute Gasteiger partial charge is 0.438 e. The zero-order valence-corrected chi connectivity index (χ0v) is 17.9. The van der Waals surface area contributed by atoms with Gasteiger partial charge in [0.05, 0.1) is 12.2 Å². The first-order chi connectivity index (χ1) is 13.7. The smallest absolute Gasteiger partial charge is 0.291 e. The Morgan fingerprint density at radius 2 is 1.79 bits per heavy atom. The van der Waals surface area contributed by atoms with Crippen LogP contribution in [-0.2, 0) is 21.3 Å². The number of hydrogen-bond donors (Lipinski definition) is 1. The van der Waals surface area contributed by atoms with Gasteiger partial charge < -0.3 is 14.5 Å². The van der Waals surface area contributed by atoms with E-state index in [0.29, 0.717) is 12.2 Å². The number of sulfonamides is 1. The van der Waals surface area contributed by atoms with Crippen molar-refractivity contribution in [2.75, 3.05) is 32.5 Å². The van der Waals surface area contributed by atoms with Crippen LogP contribution in [0, 0.1) is 0 Å². The predicted molar refractivity (Wildman–Crippen MR) is 109 cm³/mol. The van der Waals surface area contributed by atoms with Crippen LogP contribution >= 0.6 is 0 Å². The second kappa shape index (κ2) is 8.66. The molecular formula is C20H27N3O5S. The summed E-state index contributed by atoms with van der Waals surface area (Å²) in [6.07, 6.45) is 0.307. The van der Waals surface area contributed by atoms with Crippen LogP contribution in [0.3, 0.4) is 0 Å². The van der Waals surface area contributed by atoms with Gasteiger partial charge in [0.1, 0.15) is 0 Å². The highest BCUT2D eigenvalue weighted by Crippen LogP contribution is 2.22. The minimum absolute atomic E-state index is 0.0613. The SMILES string of the molecule is C[C@@H]1CN(Cc2ccccc2NC(=O)c2ccc(S(=O)(=O)N(C)C)o2)C[C@@H](C)O1. The van der Waals surface area contributed by atoms with Crippen molar-refractivity contribution in [3.05, 3.63) is 47.7 Å². The molecule has 0 spiro atoms. The number of anilines is 1. The van der Waals surface area contributed by atoms with Crippen molar-refractivity contribution >= 4 is 21.6 Å². The average Bonchev–Trinajstić information content (AvgIpc) is 3.13. The summed E-state index contributed by atoms with van der Waals surface area (Å²) in [5.41, 5.74) is 1.63. The van der Waals surface area contributed by atoms with Crippen LogP contribution in [0.25, 0.3) is 0 Å². The summed E-state index contributed by atoms with van der Waals surface area (Å²) in [6.45, 7) is 6.40. The Morgan fingerprint density at radius 1 is 1.14 bits per heavy atom. The number of furan rings is 1. The standard InChI is InChI=1S/C20H27N3O5S/c1-14-11-23(12-15(2)27-14)13-16-7-5-6-8-17(16)21-20(24)18-9-10-19(28-18)29(25,26)22(3)4/h5-10,14-15H,11-13H2,1-4H3,(H,21,24)/t14-,15-/m1/s1. The van der Waals surface area contributed by atoms with Crippen molar-refractivity contribution in [1.82, 2.24) is 9.21 Å². The normalized spacial score (nSPS) is 20.7. The highest BCUT2D eigenvalue weighted by atomic mass is 32.2. The summed E-state index contributed by atoms with van der Waals surface area (Å²) in [6, 6.07) is 10.2. The molecule has 1 saturated heterocycles. The molecule has 0 bridgehead atoms. The third kappa shape index (κ3) is 5.05. The zero-order valence-electron chi connectivity index (χ0n) is 17.1. The number of carbonyl (C=O) groups excluding carboxylic acids is 1. The van der Waals surface area contributed by atoms with E-state index in [0.717, 1.165) is 23.0 Å². The number of morpholine rings is 1. The van der Waals surface area contributed by atoms with Crippen LogP contribution < -0.4 is 5.32 Å². The highest BCUT2D eigenvalue weighted by molar-refractivity contribution is 7.88. The number of rotatable bonds is 6. The number of ether oxygens (including phenoxy) is 1. The second-order valence-corrected chi connectivity index (χ2v) is 9.55. The van der Waals surface area contributed by atoms with Crippen LogP contribution in [0.2, 0.25) is 0 Å². The topological polar surface area (TPSA) is 92.1 Å². The lowest BCUT2D eigenvalue weighted by Gasteiger charge is -2.35. The summed E-state index contributed by atoms with van der Waals surface area (Å²) < 4.78 is 36.4. The van der Waals surface area contributed by atoms with E-state index in [1.54, 1.807) is 0 Å². The molecule has 1 aromatic heterocycles. The number of hydrogen-bond acceptors (Lipinski definition) is 6. The molecule has 0 aliphatic carbocycles. The molecule has 2 heterocycles. The molecule has 0 unspecified atom stereocenters. The maximum atomic E-state index is 12.6. The van der Waals surface area contributed by atoms with E-state index in [1.165, 1.54) is 26.2 Å². The molecule has 1 N–H and O–H groups in total. The number of nitrogens with one attached hydrogen (secondary N) is 1. The van der Waals surface area contributed by atoms with Gasteiger partial charge in [-0.1, -0.05) is 18.2 Å². The molecular weight excluding hydrogens is 394 g/mol. The van der Waals surface area contributed by atoms with Crippen molar-refractivity contribution in [2.45, 2.75) is 37.7 Å². The van der Waals surface area contributed by atoms with Gasteiger partial charge in [-0.15, -0.1) is 0 Å². The Hall–Kier alpha value is -2.20. The van der Waals surface area contributed by atoms with Crippen molar-refractivity contribution in [3.63, 3.8) is 0 Å². The maximum Gasteiger partial charge on any atom is 0.291 e. The summed E-state index contributed by atoms with van der Waals surface area (Å²) >= 11 is 0. The Morgan fingerprint density at radius 3 is 2.45 bits per heavy atom. The molecule has 2 atom stereocenters. The van der Waals surface area contributed by atoms with Gasteiger partial charge >= 0.3 is 0 Å². The van der Waals surface area contributed by atoms with Crippen molar-refractivity contribution in [2.24, 2.45) is 0 Å². The minimum atomic E-state index is -3.73. The summed E-state index contributed by atoms with van der Waals surface area (Å²) in [5, 5.41) is 2.57. The monoisotopic (exact) mass is 421 g/mol. The van der Waals surface area contributed by atoms with E-state index in [-0.39, 0.29) is 23.1 Å². The number of amides is 1. The molecule has 2 aromatic rings. The van der Waals surface area contributed by atoms with Crippen LogP contribution in [0.15, 0.2) is 45.9 Å². The van der Waals surface area contributed by atoms with Crippen molar-refractivity contribution in [3.8, 4) is 0 Å².